The van der Waals surface area contributed by atoms with Crippen molar-refractivity contribution in [1.29, 1.82) is 0 Å². The number of ketones is 1. The molecule has 0 radical (unpaired) electrons. The number of hydrogen-bond donors (Lipinski definition) is 0. The van der Waals surface area contributed by atoms with Crippen molar-refractivity contribution >= 4 is 21.7 Å². The summed E-state index contributed by atoms with van der Waals surface area (Å²) in [5.41, 5.74) is 0.398. The predicted molar refractivity (Wildman–Crippen MR) is 68.3 cm³/mol. The van der Waals surface area contributed by atoms with E-state index >= 15 is 0 Å². The van der Waals surface area contributed by atoms with Crippen molar-refractivity contribution in [2.45, 2.75) is 0 Å². The monoisotopic (exact) mass is 309 g/mol. The molecule has 0 amide bonds. The van der Waals surface area contributed by atoms with Gasteiger partial charge in [-0.2, -0.15) is 0 Å². The Morgan fingerprint density at radius 3 is 2.72 bits per heavy atom. The van der Waals surface area contributed by atoms with E-state index < -0.39 is 5.82 Å². The van der Waals surface area contributed by atoms with Crippen molar-refractivity contribution in [3.63, 3.8) is 0 Å². The summed E-state index contributed by atoms with van der Waals surface area (Å²) >= 11 is 3.23. The van der Waals surface area contributed by atoms with Gasteiger partial charge in [-0.25, -0.2) is 4.39 Å². The lowest BCUT2D eigenvalue weighted by atomic mass is 10.1. The molecule has 1 aromatic carbocycles. The minimum Gasteiger partial charge on any atom is -0.496 e. The Morgan fingerprint density at radius 2 is 2.11 bits per heavy atom. The van der Waals surface area contributed by atoms with Gasteiger partial charge in [-0.15, -0.1) is 0 Å². The highest BCUT2D eigenvalue weighted by atomic mass is 79.9. The smallest absolute Gasteiger partial charge is 0.215 e. The molecule has 0 aliphatic rings. The van der Waals surface area contributed by atoms with Gasteiger partial charge >= 0.3 is 0 Å². The second-order valence-electron chi connectivity index (χ2n) is 3.54. The standard InChI is InChI=1S/C13H9BrFNO2/c1-18-12-5-3-9(15)6-10(12)13(17)11-4-2-8(14)7-16-11/h2-7H,1H3. The molecule has 0 atom stereocenters. The number of hydrogen-bond acceptors (Lipinski definition) is 3. The van der Waals surface area contributed by atoms with Crippen LogP contribution >= 0.6 is 15.9 Å². The van der Waals surface area contributed by atoms with Gasteiger partial charge in [0.05, 0.1) is 12.7 Å². The fraction of sp³-hybridized carbons (Fsp3) is 0.0769. The second kappa shape index (κ2) is 5.27. The number of aromatic nitrogens is 1. The molecule has 0 aliphatic carbocycles. The summed E-state index contributed by atoms with van der Waals surface area (Å²) in [5, 5.41) is 0. The molecule has 18 heavy (non-hydrogen) atoms. The Labute approximate surface area is 112 Å². The van der Waals surface area contributed by atoms with E-state index in [9.17, 15) is 9.18 Å². The third kappa shape index (κ3) is 2.56. The van der Waals surface area contributed by atoms with Gasteiger partial charge in [0.25, 0.3) is 0 Å². The Morgan fingerprint density at radius 1 is 1.33 bits per heavy atom. The average Bonchev–Trinajstić information content (AvgIpc) is 2.39. The minimum absolute atomic E-state index is 0.160. The quantitative estimate of drug-likeness (QED) is 0.817. The minimum atomic E-state index is -0.490. The van der Waals surface area contributed by atoms with E-state index in [2.05, 4.69) is 20.9 Å². The highest BCUT2D eigenvalue weighted by Gasteiger charge is 2.16. The summed E-state index contributed by atoms with van der Waals surface area (Å²) in [6.45, 7) is 0. The molecule has 0 aliphatic heterocycles. The van der Waals surface area contributed by atoms with Crippen LogP contribution in [-0.2, 0) is 0 Å². The molecule has 1 heterocycles. The number of benzene rings is 1. The molecular formula is C13H9BrFNO2. The Balaban J connectivity index is 2.45. The molecule has 92 valence electrons. The molecule has 2 rings (SSSR count). The van der Waals surface area contributed by atoms with Crippen molar-refractivity contribution in [2.24, 2.45) is 0 Å². The lowest BCUT2D eigenvalue weighted by Gasteiger charge is -2.07. The first kappa shape index (κ1) is 12.7. The first-order valence-electron chi connectivity index (χ1n) is 5.11. The zero-order valence-electron chi connectivity index (χ0n) is 9.48. The molecular weight excluding hydrogens is 301 g/mol. The average molecular weight is 310 g/mol. The number of nitrogens with zero attached hydrogens (tertiary/aromatic N) is 1. The zero-order chi connectivity index (χ0) is 13.1. The highest BCUT2D eigenvalue weighted by molar-refractivity contribution is 9.10. The maximum Gasteiger partial charge on any atom is 0.215 e. The maximum absolute atomic E-state index is 13.2. The maximum atomic E-state index is 13.2. The van der Waals surface area contributed by atoms with Crippen molar-refractivity contribution in [1.82, 2.24) is 4.98 Å². The third-order valence-electron chi connectivity index (χ3n) is 2.37. The van der Waals surface area contributed by atoms with Crippen molar-refractivity contribution in [3.8, 4) is 5.75 Å². The normalized spacial score (nSPS) is 10.2. The Kier molecular flexibility index (Phi) is 3.72. The van der Waals surface area contributed by atoms with E-state index in [4.69, 9.17) is 4.74 Å². The number of carbonyl (C=O) groups is 1. The number of pyridine rings is 1. The SMILES string of the molecule is COc1ccc(F)cc1C(=O)c1ccc(Br)cn1. The van der Waals surface area contributed by atoms with Crippen LogP contribution in [0.4, 0.5) is 4.39 Å². The van der Waals surface area contributed by atoms with Gasteiger partial charge in [0.1, 0.15) is 17.3 Å². The van der Waals surface area contributed by atoms with Crippen molar-refractivity contribution in [2.75, 3.05) is 7.11 Å². The molecule has 5 heteroatoms. The van der Waals surface area contributed by atoms with Crippen LogP contribution in [0.1, 0.15) is 16.1 Å². The Hall–Kier alpha value is -1.75. The predicted octanol–water partition coefficient (Wildman–Crippen LogP) is 3.22. The second-order valence-corrected chi connectivity index (χ2v) is 4.45. The molecule has 0 fully saturated rings. The number of rotatable bonds is 3. The van der Waals surface area contributed by atoms with Crippen LogP contribution in [-0.4, -0.2) is 17.9 Å². The van der Waals surface area contributed by atoms with Crippen LogP contribution < -0.4 is 4.74 Å². The fourth-order valence-corrected chi connectivity index (χ4v) is 1.74. The number of methoxy groups -OCH3 is 1. The molecule has 2 aromatic rings. The Bertz CT molecular complexity index is 584. The lowest BCUT2D eigenvalue weighted by molar-refractivity contribution is 0.103. The third-order valence-corrected chi connectivity index (χ3v) is 2.84. The van der Waals surface area contributed by atoms with E-state index in [1.807, 2.05) is 0 Å². The highest BCUT2D eigenvalue weighted by Crippen LogP contribution is 2.22. The summed E-state index contributed by atoms with van der Waals surface area (Å²) in [4.78, 5) is 16.2. The van der Waals surface area contributed by atoms with E-state index in [1.165, 1.54) is 25.4 Å². The first-order chi connectivity index (χ1) is 8.61. The molecule has 0 spiro atoms. The van der Waals surface area contributed by atoms with Gasteiger partial charge < -0.3 is 4.74 Å². The van der Waals surface area contributed by atoms with E-state index in [-0.39, 0.29) is 17.0 Å². The van der Waals surface area contributed by atoms with Gasteiger partial charge in [-0.1, -0.05) is 0 Å². The largest absolute Gasteiger partial charge is 0.496 e. The van der Waals surface area contributed by atoms with E-state index in [1.54, 1.807) is 12.1 Å². The van der Waals surface area contributed by atoms with E-state index in [0.29, 0.717) is 5.75 Å². The molecule has 1 aromatic heterocycles. The molecule has 0 saturated carbocycles. The van der Waals surface area contributed by atoms with E-state index in [0.717, 1.165) is 10.5 Å². The molecule has 0 unspecified atom stereocenters. The van der Waals surface area contributed by atoms with Crippen LogP contribution in [0, 0.1) is 5.82 Å². The number of halogens is 2. The number of carbonyl (C=O) groups excluding carboxylic acids is 1. The van der Waals surface area contributed by atoms with Crippen LogP contribution in [0.15, 0.2) is 41.0 Å². The van der Waals surface area contributed by atoms with Gasteiger partial charge in [0.15, 0.2) is 0 Å². The molecule has 3 nitrogen and oxygen atoms in total. The lowest BCUT2D eigenvalue weighted by Crippen LogP contribution is -2.06. The van der Waals surface area contributed by atoms with Crippen LogP contribution in [0.2, 0.25) is 0 Å². The fourth-order valence-electron chi connectivity index (χ4n) is 1.51. The summed E-state index contributed by atoms with van der Waals surface area (Å²) in [7, 11) is 1.43. The zero-order valence-corrected chi connectivity index (χ0v) is 11.1. The molecule has 0 N–H and O–H groups in total. The summed E-state index contributed by atoms with van der Waals surface area (Å²) in [6.07, 6.45) is 1.51. The topological polar surface area (TPSA) is 39.2 Å². The van der Waals surface area contributed by atoms with Crippen LogP contribution in [0.5, 0.6) is 5.75 Å². The first-order valence-corrected chi connectivity index (χ1v) is 5.91. The van der Waals surface area contributed by atoms with Gasteiger partial charge in [0.2, 0.25) is 5.78 Å². The number of ether oxygens (including phenoxy) is 1. The van der Waals surface area contributed by atoms with Crippen molar-refractivity contribution in [3.05, 3.63) is 58.1 Å². The van der Waals surface area contributed by atoms with Gasteiger partial charge in [0, 0.05) is 10.7 Å². The summed E-state index contributed by atoms with van der Waals surface area (Å²) in [5.74, 6) is -0.541. The molecule has 0 saturated heterocycles. The summed E-state index contributed by atoms with van der Waals surface area (Å²) in [6, 6.07) is 7.07. The summed E-state index contributed by atoms with van der Waals surface area (Å²) < 4.78 is 19.0. The molecule has 0 bridgehead atoms. The van der Waals surface area contributed by atoms with Crippen molar-refractivity contribution < 1.29 is 13.9 Å². The van der Waals surface area contributed by atoms with Gasteiger partial charge in [-0.05, 0) is 46.3 Å². The van der Waals surface area contributed by atoms with Crippen LogP contribution in [0.25, 0.3) is 0 Å². The van der Waals surface area contributed by atoms with Gasteiger partial charge in [-0.3, -0.25) is 9.78 Å². The van der Waals surface area contributed by atoms with Crippen LogP contribution in [0.3, 0.4) is 0 Å².